The molecular formula is C17H17F2NO. The summed E-state index contributed by atoms with van der Waals surface area (Å²) < 4.78 is 33.0. The predicted molar refractivity (Wildman–Crippen MR) is 77.5 cm³/mol. The maximum Gasteiger partial charge on any atom is 0.167 e. The van der Waals surface area contributed by atoms with Crippen LogP contribution in [0.2, 0.25) is 0 Å². The standard InChI is InChI=1S/C17H17F2NO/c1-11-5-6-13(18)9-16(11)21-17-12(3-2-4-15(17)19)10-20-14-7-8-14/h2-6,9,14,20H,7-8,10H2,1H3. The van der Waals surface area contributed by atoms with Crippen LogP contribution in [0, 0.1) is 18.6 Å². The van der Waals surface area contributed by atoms with E-state index >= 15 is 0 Å². The summed E-state index contributed by atoms with van der Waals surface area (Å²) in [6.07, 6.45) is 2.32. The fraction of sp³-hybridized carbons (Fsp3) is 0.294. The molecule has 0 radical (unpaired) electrons. The summed E-state index contributed by atoms with van der Waals surface area (Å²) in [4.78, 5) is 0. The molecule has 0 bridgehead atoms. The fourth-order valence-corrected chi connectivity index (χ4v) is 2.14. The Labute approximate surface area is 122 Å². The molecule has 3 rings (SSSR count). The summed E-state index contributed by atoms with van der Waals surface area (Å²) in [7, 11) is 0. The minimum absolute atomic E-state index is 0.166. The first-order valence-electron chi connectivity index (χ1n) is 7.08. The van der Waals surface area contributed by atoms with Crippen molar-refractivity contribution in [1.82, 2.24) is 5.32 Å². The van der Waals surface area contributed by atoms with E-state index in [-0.39, 0.29) is 5.75 Å². The molecule has 1 saturated carbocycles. The molecule has 0 saturated heterocycles. The number of aryl methyl sites for hydroxylation is 1. The van der Waals surface area contributed by atoms with E-state index in [0.29, 0.717) is 18.3 Å². The van der Waals surface area contributed by atoms with E-state index in [2.05, 4.69) is 5.32 Å². The molecule has 0 amide bonds. The van der Waals surface area contributed by atoms with Gasteiger partial charge >= 0.3 is 0 Å². The van der Waals surface area contributed by atoms with E-state index in [1.54, 1.807) is 19.1 Å². The Morgan fingerprint density at radius 3 is 2.76 bits per heavy atom. The first-order chi connectivity index (χ1) is 10.1. The van der Waals surface area contributed by atoms with E-state index in [1.807, 2.05) is 6.07 Å². The lowest BCUT2D eigenvalue weighted by atomic mass is 10.1. The molecule has 0 aliphatic heterocycles. The van der Waals surface area contributed by atoms with Crippen molar-refractivity contribution >= 4 is 0 Å². The molecule has 1 aliphatic carbocycles. The van der Waals surface area contributed by atoms with E-state index in [1.165, 1.54) is 18.2 Å². The van der Waals surface area contributed by atoms with Crippen LogP contribution < -0.4 is 10.1 Å². The third-order valence-electron chi connectivity index (χ3n) is 3.57. The van der Waals surface area contributed by atoms with Gasteiger partial charge in [0, 0.05) is 24.2 Å². The SMILES string of the molecule is Cc1ccc(F)cc1Oc1c(F)cccc1CNC1CC1. The van der Waals surface area contributed by atoms with Crippen LogP contribution in [-0.2, 0) is 6.54 Å². The van der Waals surface area contributed by atoms with Gasteiger partial charge in [-0.15, -0.1) is 0 Å². The van der Waals surface area contributed by atoms with Crippen molar-refractivity contribution in [3.05, 3.63) is 59.2 Å². The van der Waals surface area contributed by atoms with Gasteiger partial charge in [0.05, 0.1) is 0 Å². The zero-order valence-electron chi connectivity index (χ0n) is 11.8. The summed E-state index contributed by atoms with van der Waals surface area (Å²) in [6.45, 7) is 2.35. The lowest BCUT2D eigenvalue weighted by molar-refractivity contribution is 0.427. The van der Waals surface area contributed by atoms with Crippen LogP contribution in [0.4, 0.5) is 8.78 Å². The molecule has 110 valence electrons. The van der Waals surface area contributed by atoms with E-state index in [4.69, 9.17) is 4.74 Å². The Morgan fingerprint density at radius 1 is 1.19 bits per heavy atom. The second-order valence-electron chi connectivity index (χ2n) is 5.40. The van der Waals surface area contributed by atoms with Crippen molar-refractivity contribution in [2.45, 2.75) is 32.4 Å². The molecule has 1 fully saturated rings. The number of rotatable bonds is 5. The van der Waals surface area contributed by atoms with Crippen molar-refractivity contribution in [3.8, 4) is 11.5 Å². The van der Waals surface area contributed by atoms with Crippen molar-refractivity contribution < 1.29 is 13.5 Å². The largest absolute Gasteiger partial charge is 0.454 e. The van der Waals surface area contributed by atoms with Crippen LogP contribution in [0.1, 0.15) is 24.0 Å². The molecule has 21 heavy (non-hydrogen) atoms. The monoisotopic (exact) mass is 289 g/mol. The van der Waals surface area contributed by atoms with Crippen molar-refractivity contribution in [3.63, 3.8) is 0 Å². The van der Waals surface area contributed by atoms with E-state index in [0.717, 1.165) is 24.0 Å². The average molecular weight is 289 g/mol. The van der Waals surface area contributed by atoms with Gasteiger partial charge in [0.25, 0.3) is 0 Å². The molecule has 1 aliphatic rings. The smallest absolute Gasteiger partial charge is 0.167 e. The normalized spacial score (nSPS) is 14.2. The molecule has 2 aromatic carbocycles. The number of ether oxygens (including phenoxy) is 1. The maximum absolute atomic E-state index is 14.1. The summed E-state index contributed by atoms with van der Waals surface area (Å²) in [6, 6.07) is 9.61. The number of hydrogen-bond donors (Lipinski definition) is 1. The molecule has 4 heteroatoms. The quantitative estimate of drug-likeness (QED) is 0.885. The highest BCUT2D eigenvalue weighted by Gasteiger charge is 2.21. The average Bonchev–Trinajstić information content (AvgIpc) is 3.27. The van der Waals surface area contributed by atoms with Crippen LogP contribution in [0.5, 0.6) is 11.5 Å². The van der Waals surface area contributed by atoms with Crippen LogP contribution >= 0.6 is 0 Å². The number of hydrogen-bond acceptors (Lipinski definition) is 2. The van der Waals surface area contributed by atoms with Crippen molar-refractivity contribution in [1.29, 1.82) is 0 Å². The maximum atomic E-state index is 14.1. The van der Waals surface area contributed by atoms with Gasteiger partial charge in [-0.25, -0.2) is 8.78 Å². The zero-order chi connectivity index (χ0) is 14.8. The van der Waals surface area contributed by atoms with Gasteiger partial charge in [0.1, 0.15) is 11.6 Å². The fourth-order valence-electron chi connectivity index (χ4n) is 2.14. The lowest BCUT2D eigenvalue weighted by Crippen LogP contribution is -2.16. The van der Waals surface area contributed by atoms with Gasteiger partial charge in [0.15, 0.2) is 11.6 Å². The summed E-state index contributed by atoms with van der Waals surface area (Å²) in [5.41, 5.74) is 1.51. The third-order valence-corrected chi connectivity index (χ3v) is 3.57. The summed E-state index contributed by atoms with van der Waals surface area (Å²) in [5.74, 6) is -0.328. The van der Waals surface area contributed by atoms with E-state index in [9.17, 15) is 8.78 Å². The second-order valence-corrected chi connectivity index (χ2v) is 5.40. The summed E-state index contributed by atoms with van der Waals surface area (Å²) in [5, 5.41) is 3.33. The number of benzene rings is 2. The molecule has 2 nitrogen and oxygen atoms in total. The molecule has 0 atom stereocenters. The Bertz CT molecular complexity index is 653. The van der Waals surface area contributed by atoms with Crippen LogP contribution in [0.25, 0.3) is 0 Å². The third kappa shape index (κ3) is 3.39. The summed E-state index contributed by atoms with van der Waals surface area (Å²) >= 11 is 0. The Kier molecular flexibility index (Phi) is 3.88. The number of para-hydroxylation sites is 1. The van der Waals surface area contributed by atoms with Crippen LogP contribution in [0.3, 0.4) is 0 Å². The molecular weight excluding hydrogens is 272 g/mol. The molecule has 0 heterocycles. The minimum Gasteiger partial charge on any atom is -0.454 e. The highest BCUT2D eigenvalue weighted by atomic mass is 19.1. The van der Waals surface area contributed by atoms with Gasteiger partial charge in [-0.1, -0.05) is 18.2 Å². The first kappa shape index (κ1) is 14.0. The molecule has 2 aromatic rings. The zero-order valence-corrected chi connectivity index (χ0v) is 11.8. The highest BCUT2D eigenvalue weighted by Crippen LogP contribution is 2.31. The Morgan fingerprint density at radius 2 is 2.00 bits per heavy atom. The molecule has 0 spiro atoms. The predicted octanol–water partition coefficient (Wildman–Crippen LogP) is 4.32. The van der Waals surface area contributed by atoms with E-state index < -0.39 is 11.6 Å². The van der Waals surface area contributed by atoms with Crippen LogP contribution in [-0.4, -0.2) is 6.04 Å². The minimum atomic E-state index is -0.436. The highest BCUT2D eigenvalue weighted by molar-refractivity contribution is 5.42. The Balaban J connectivity index is 1.87. The Hall–Kier alpha value is -1.94. The van der Waals surface area contributed by atoms with Gasteiger partial charge in [0.2, 0.25) is 0 Å². The second kappa shape index (κ2) is 5.82. The van der Waals surface area contributed by atoms with Gasteiger partial charge in [-0.05, 0) is 37.5 Å². The van der Waals surface area contributed by atoms with Crippen molar-refractivity contribution in [2.75, 3.05) is 0 Å². The van der Waals surface area contributed by atoms with Crippen molar-refractivity contribution in [2.24, 2.45) is 0 Å². The van der Waals surface area contributed by atoms with Crippen LogP contribution in [0.15, 0.2) is 36.4 Å². The molecule has 1 N–H and O–H groups in total. The molecule has 0 aromatic heterocycles. The van der Waals surface area contributed by atoms with Gasteiger partial charge in [-0.3, -0.25) is 0 Å². The van der Waals surface area contributed by atoms with Gasteiger partial charge in [-0.2, -0.15) is 0 Å². The number of halogens is 2. The lowest BCUT2D eigenvalue weighted by Gasteiger charge is -2.14. The first-order valence-corrected chi connectivity index (χ1v) is 7.08. The topological polar surface area (TPSA) is 21.3 Å². The van der Waals surface area contributed by atoms with Gasteiger partial charge < -0.3 is 10.1 Å². The molecule has 0 unspecified atom stereocenters. The number of nitrogens with one attached hydrogen (secondary N) is 1.